The molecular formula is C120H76Cl4N4OS5. The van der Waals surface area contributed by atoms with E-state index in [9.17, 15) is 0 Å². The molecule has 134 heavy (non-hydrogen) atoms. The van der Waals surface area contributed by atoms with Crippen LogP contribution >= 0.6 is 103 Å². The molecule has 14 heteroatoms. The predicted molar refractivity (Wildman–Crippen MR) is 587 cm³/mol. The molecule has 0 aliphatic heterocycles. The molecule has 640 valence electrons. The van der Waals surface area contributed by atoms with E-state index in [0.717, 1.165) is 130 Å². The molecule has 0 fully saturated rings. The van der Waals surface area contributed by atoms with Crippen LogP contribution in [0.15, 0.2) is 465 Å². The minimum absolute atomic E-state index is 0.675. The molecule has 0 amide bonds. The van der Waals surface area contributed by atoms with Crippen LogP contribution in [0.4, 0.5) is 68.2 Å². The van der Waals surface area contributed by atoms with E-state index in [2.05, 4.69) is 402 Å². The normalized spacial score (nSPS) is 11.4. The molecule has 0 aliphatic rings. The molecule has 0 N–H and O–H groups in total. The van der Waals surface area contributed by atoms with Gasteiger partial charge in [-0.25, -0.2) is 0 Å². The Hall–Kier alpha value is -14.3. The van der Waals surface area contributed by atoms with Crippen molar-refractivity contribution in [2.45, 2.75) is 0 Å². The molecule has 20 aromatic carbocycles. The summed E-state index contributed by atoms with van der Waals surface area (Å²) in [6.45, 7) is 0. The fourth-order valence-electron chi connectivity index (χ4n) is 18.3. The van der Waals surface area contributed by atoms with Gasteiger partial charge in [-0.05, 0) is 235 Å². The summed E-state index contributed by atoms with van der Waals surface area (Å²) in [4.78, 5) is 9.26. The number of thiophene rings is 5. The molecule has 6 aromatic heterocycles. The summed E-state index contributed by atoms with van der Waals surface area (Å²) >= 11 is 34.7. The third kappa shape index (κ3) is 16.3. The van der Waals surface area contributed by atoms with Crippen molar-refractivity contribution in [3.63, 3.8) is 0 Å². The van der Waals surface area contributed by atoms with Crippen molar-refractivity contribution in [1.29, 1.82) is 0 Å². The molecule has 0 aliphatic carbocycles. The van der Waals surface area contributed by atoms with E-state index in [4.69, 9.17) is 50.8 Å². The quantitative estimate of drug-likeness (QED) is 0.108. The highest BCUT2D eigenvalue weighted by molar-refractivity contribution is 7.28. The number of benzene rings is 20. The Bertz CT molecular complexity index is 8760. The Morgan fingerprint density at radius 1 is 0.172 bits per heavy atom. The second kappa shape index (κ2) is 36.7. The first kappa shape index (κ1) is 84.0. The van der Waals surface area contributed by atoms with Crippen LogP contribution in [0.2, 0.25) is 20.1 Å². The van der Waals surface area contributed by atoms with E-state index in [1.807, 2.05) is 102 Å². The molecule has 0 saturated carbocycles. The first-order valence-corrected chi connectivity index (χ1v) is 49.6. The van der Waals surface area contributed by atoms with Gasteiger partial charge in [0.25, 0.3) is 0 Å². The highest BCUT2D eigenvalue weighted by atomic mass is 35.5. The molecule has 6 heterocycles. The molecule has 0 saturated heterocycles. The second-order valence-electron chi connectivity index (χ2n) is 32.7. The van der Waals surface area contributed by atoms with Crippen LogP contribution in [0.5, 0.6) is 0 Å². The number of furan rings is 1. The van der Waals surface area contributed by atoms with Crippen molar-refractivity contribution < 1.29 is 4.42 Å². The zero-order valence-electron chi connectivity index (χ0n) is 71.6. The third-order valence-corrected chi connectivity index (χ3v) is 32.0. The maximum atomic E-state index is 6.58. The van der Waals surface area contributed by atoms with Gasteiger partial charge in [-0.1, -0.05) is 283 Å². The molecule has 26 aromatic rings. The zero-order valence-corrected chi connectivity index (χ0v) is 78.7. The lowest BCUT2D eigenvalue weighted by atomic mass is 10.0. The number of rotatable bonds is 14. The summed E-state index contributed by atoms with van der Waals surface area (Å²) in [5.74, 6) is 0. The van der Waals surface area contributed by atoms with Gasteiger partial charge in [-0.15, -0.1) is 56.7 Å². The minimum atomic E-state index is 0.675. The average Bonchev–Trinajstić information content (AvgIpc) is 1.62. The maximum Gasteiger partial charge on any atom is 0.143 e. The molecule has 0 atom stereocenters. The van der Waals surface area contributed by atoms with Crippen molar-refractivity contribution in [1.82, 2.24) is 0 Å². The van der Waals surface area contributed by atoms with E-state index in [-0.39, 0.29) is 0 Å². The summed E-state index contributed by atoms with van der Waals surface area (Å²) < 4.78 is 18.7. The Kier molecular flexibility index (Phi) is 23.0. The lowest BCUT2D eigenvalue weighted by molar-refractivity contribution is 0.670. The predicted octanol–water partition coefficient (Wildman–Crippen LogP) is 40.3. The largest absolute Gasteiger partial charge is 0.455 e. The van der Waals surface area contributed by atoms with Gasteiger partial charge in [-0.3, -0.25) is 0 Å². The smallest absolute Gasteiger partial charge is 0.143 e. The first-order chi connectivity index (χ1) is 66.1. The highest BCUT2D eigenvalue weighted by Gasteiger charge is 2.24. The van der Waals surface area contributed by atoms with Crippen LogP contribution in [0.3, 0.4) is 0 Å². The van der Waals surface area contributed by atoms with Gasteiger partial charge in [0, 0.05) is 182 Å². The summed E-state index contributed by atoms with van der Waals surface area (Å²) in [6, 6.07) is 162. The number of anilines is 12. The van der Waals surface area contributed by atoms with Crippen molar-refractivity contribution in [2.24, 2.45) is 0 Å². The van der Waals surface area contributed by atoms with Crippen LogP contribution in [-0.2, 0) is 0 Å². The van der Waals surface area contributed by atoms with Gasteiger partial charge < -0.3 is 24.0 Å². The van der Waals surface area contributed by atoms with Crippen LogP contribution in [-0.4, -0.2) is 0 Å². The molecular weight excluding hydrogens is 1820 g/mol. The number of para-hydroxylation sites is 6. The van der Waals surface area contributed by atoms with Crippen LogP contribution in [0.1, 0.15) is 0 Å². The Morgan fingerprint density at radius 3 is 0.821 bits per heavy atom. The van der Waals surface area contributed by atoms with Crippen LogP contribution < -0.4 is 19.6 Å². The van der Waals surface area contributed by atoms with Crippen LogP contribution in [0.25, 0.3) is 145 Å². The van der Waals surface area contributed by atoms with Gasteiger partial charge in [0.2, 0.25) is 0 Å². The van der Waals surface area contributed by atoms with E-state index in [1.54, 1.807) is 34.0 Å². The summed E-state index contributed by atoms with van der Waals surface area (Å²) in [5, 5.41) is 17.8. The monoisotopic (exact) mass is 1890 g/mol. The van der Waals surface area contributed by atoms with Crippen LogP contribution in [0, 0.1) is 0 Å². The number of hydrogen-bond acceptors (Lipinski definition) is 10. The molecule has 0 bridgehead atoms. The minimum Gasteiger partial charge on any atom is -0.455 e. The van der Waals surface area contributed by atoms with Crippen molar-refractivity contribution in [3.8, 4) is 22.3 Å². The fourth-order valence-corrected chi connectivity index (χ4v) is 24.7. The third-order valence-electron chi connectivity index (χ3n) is 24.5. The number of hydrogen-bond donors (Lipinski definition) is 0. The standard InChI is InChI=1S/C36H22ClNS2.C30H20ClNO.C30H18ClNS2.C24H16ClNS/c37-32-11-6-10-29-31-22-27(18-20-35(31)40-36(29)32)38(25-15-13-24(14-16-25)23-7-2-1-3-8-23)26-17-19-34-30(21-26)28-9-4-5-12-33(28)39-34;31-22-16-19-27-28-13-7-12-26(30(28)33-29(27)20-22)21-14-17-25(18-15-21)32(23-8-3-1-4-9-23)24-10-5-2-6-11-24;31-26-11-6-10-23-25-18-21(14-16-29(25)34-30(23)26)32(19-7-2-1-3-8-19)20-13-15-28-24(17-20)22-9-4-5-12-27(22)33-28;25-22-13-7-12-20-21-16-19(14-15-23(21)27-24(20)22)26(17-8-3-1-4-9-17)18-10-5-2-6-11-18/h1-22H;1-20H;1-18H;1-16H. The SMILES string of the molecule is Clc1ccc2c(c1)oc1c(-c3ccc(N(c4ccccc4)c4ccccc4)cc3)cccc12.Clc1cccc2c1sc1ccc(N(c3ccc(-c4ccccc4)cc3)c3ccc4sc5ccccc5c4c3)cc12.Clc1cccc2c1sc1ccc(N(c3ccccc3)c3ccc4sc5ccccc5c4c3)cc12.Clc1cccc2c1sc1ccc(N(c3ccccc3)c3ccccc3)cc12. The zero-order chi connectivity index (χ0) is 89.7. The van der Waals surface area contributed by atoms with E-state index < -0.39 is 0 Å². The highest BCUT2D eigenvalue weighted by Crippen LogP contribution is 2.50. The maximum absolute atomic E-state index is 6.58. The van der Waals surface area contributed by atoms with Gasteiger partial charge in [-0.2, -0.15) is 0 Å². The molecule has 0 unspecified atom stereocenters. The van der Waals surface area contributed by atoms with E-state index >= 15 is 0 Å². The Balaban J connectivity index is 0.000000102. The Morgan fingerprint density at radius 2 is 0.440 bits per heavy atom. The van der Waals surface area contributed by atoms with E-state index in [1.165, 1.54) is 97.9 Å². The van der Waals surface area contributed by atoms with Gasteiger partial charge in [0.1, 0.15) is 11.2 Å². The summed E-state index contributed by atoms with van der Waals surface area (Å²) in [7, 11) is 0. The topological polar surface area (TPSA) is 26.1 Å². The number of halogens is 4. The van der Waals surface area contributed by atoms with Gasteiger partial charge in [0.05, 0.1) is 29.2 Å². The fraction of sp³-hybridized carbons (Fsp3) is 0. The lowest BCUT2D eigenvalue weighted by Crippen LogP contribution is -2.09. The van der Waals surface area contributed by atoms with Gasteiger partial charge >= 0.3 is 0 Å². The van der Waals surface area contributed by atoms with Crippen molar-refractivity contribution in [3.05, 3.63) is 481 Å². The lowest BCUT2D eigenvalue weighted by Gasteiger charge is -2.26. The van der Waals surface area contributed by atoms with Crippen molar-refractivity contribution >= 4 is 294 Å². The molecule has 0 spiro atoms. The molecule has 26 rings (SSSR count). The molecule has 5 nitrogen and oxygen atoms in total. The van der Waals surface area contributed by atoms with Crippen molar-refractivity contribution in [2.75, 3.05) is 19.6 Å². The van der Waals surface area contributed by atoms with E-state index in [0.29, 0.717) is 5.02 Å². The summed E-state index contributed by atoms with van der Waals surface area (Å²) in [5.41, 5.74) is 19.8. The first-order valence-electron chi connectivity index (χ1n) is 44.1. The summed E-state index contributed by atoms with van der Waals surface area (Å²) in [6.07, 6.45) is 0. The number of fused-ring (bicyclic) bond motifs is 18. The van der Waals surface area contributed by atoms with Gasteiger partial charge in [0.15, 0.2) is 0 Å². The molecule has 0 radical (unpaired) electrons. The second-order valence-corrected chi connectivity index (χ2v) is 39.6. The number of nitrogens with zero attached hydrogens (tertiary/aromatic N) is 4. The average molecular weight is 1890 g/mol. The Labute approximate surface area is 814 Å².